The zero-order chi connectivity index (χ0) is 38.5. The quantitative estimate of drug-likeness (QED) is 0.120. The van der Waals surface area contributed by atoms with Crippen LogP contribution in [-0.4, -0.2) is 12.4 Å². The summed E-state index contributed by atoms with van der Waals surface area (Å²) < 4.78 is 0. The molecule has 6 rings (SSSR count). The van der Waals surface area contributed by atoms with E-state index >= 15 is 0 Å². The molecule has 0 aliphatic rings. The van der Waals surface area contributed by atoms with Gasteiger partial charge in [-0.1, -0.05) is 182 Å². The van der Waals surface area contributed by atoms with Crippen molar-refractivity contribution in [3.05, 3.63) is 199 Å². The third kappa shape index (κ3) is 8.71. The average Bonchev–Trinajstić information content (AvgIpc) is 3.15. The minimum Gasteiger partial charge on any atom is -0.255 e. The Morgan fingerprint density at radius 1 is 0.333 bits per heavy atom. The summed E-state index contributed by atoms with van der Waals surface area (Å²) >= 11 is 0. The van der Waals surface area contributed by atoms with Gasteiger partial charge in [0.25, 0.3) is 0 Å². The van der Waals surface area contributed by atoms with Crippen LogP contribution in [0.2, 0.25) is 0 Å². The van der Waals surface area contributed by atoms with Gasteiger partial charge in [-0.05, 0) is 86.1 Å². The third-order valence-corrected chi connectivity index (χ3v) is 11.1. The highest BCUT2D eigenvalue weighted by atomic mass is 14.8. The number of benzene rings is 6. The summed E-state index contributed by atoms with van der Waals surface area (Å²) in [6.07, 6.45) is 3.84. The first-order chi connectivity index (χ1) is 25.9. The highest BCUT2D eigenvalue weighted by molar-refractivity contribution is 6.17. The number of hydrogen-bond acceptors (Lipinski definition) is 2. The van der Waals surface area contributed by atoms with Crippen LogP contribution in [0.4, 0.5) is 11.4 Å². The predicted molar refractivity (Wildman–Crippen MR) is 233 cm³/mol. The summed E-state index contributed by atoms with van der Waals surface area (Å²) in [5.74, 6) is 0.659. The second kappa shape index (κ2) is 16.8. The van der Waals surface area contributed by atoms with Crippen molar-refractivity contribution in [2.45, 2.75) is 92.9 Å². The Hall–Kier alpha value is -5.34. The molecule has 54 heavy (non-hydrogen) atoms. The van der Waals surface area contributed by atoms with Crippen molar-refractivity contribution in [2.75, 3.05) is 0 Å². The van der Waals surface area contributed by atoms with Gasteiger partial charge in [0, 0.05) is 36.1 Å². The standard InChI is InChI=1S/C52H56N2/c1-33-15-11-19-43(25-33)39(7)47-29-37(5)30-48(40(8)44-20-12-16-34(2)26-44)51(47)53-23-24-54-52-49(41(9)45-21-13-17-35(3)27-45)31-38(6)32-50(52)42(10)46-22-14-18-36(4)28-46/h11-32,39-42H,1-10H3/b53-23+,54-24+/t39-,40-,41-,42-/m1/s1. The molecule has 6 aromatic carbocycles. The van der Waals surface area contributed by atoms with Crippen molar-refractivity contribution in [2.24, 2.45) is 9.98 Å². The molecule has 0 unspecified atom stereocenters. The molecular formula is C52H56N2. The van der Waals surface area contributed by atoms with Gasteiger partial charge in [0.05, 0.1) is 11.4 Å². The van der Waals surface area contributed by atoms with E-state index in [1.165, 1.54) is 77.9 Å². The smallest absolute Gasteiger partial charge is 0.0706 e. The summed E-state index contributed by atoms with van der Waals surface area (Å²) in [5.41, 5.74) is 19.7. The van der Waals surface area contributed by atoms with Gasteiger partial charge in [0.15, 0.2) is 0 Å². The van der Waals surface area contributed by atoms with E-state index in [1.807, 2.05) is 12.4 Å². The van der Waals surface area contributed by atoms with Gasteiger partial charge in [-0.15, -0.1) is 0 Å². The van der Waals surface area contributed by atoms with Crippen LogP contribution >= 0.6 is 0 Å². The largest absolute Gasteiger partial charge is 0.255 e. The molecule has 0 saturated heterocycles. The first-order valence-electron chi connectivity index (χ1n) is 19.5. The normalized spacial score (nSPS) is 14.0. The number of aliphatic imine (C=N–C) groups is 2. The fraction of sp³-hybridized carbons (Fsp3) is 0.269. The summed E-state index contributed by atoms with van der Waals surface area (Å²) in [7, 11) is 0. The van der Waals surface area contributed by atoms with Gasteiger partial charge in [-0.3, -0.25) is 9.98 Å². The fourth-order valence-electron chi connectivity index (χ4n) is 7.98. The van der Waals surface area contributed by atoms with E-state index in [9.17, 15) is 0 Å². The van der Waals surface area contributed by atoms with Crippen molar-refractivity contribution in [1.29, 1.82) is 0 Å². The highest BCUT2D eigenvalue weighted by Crippen LogP contribution is 2.42. The molecule has 0 aromatic heterocycles. The van der Waals surface area contributed by atoms with Crippen molar-refractivity contribution < 1.29 is 0 Å². The molecule has 0 heterocycles. The average molecular weight is 709 g/mol. The molecule has 0 N–H and O–H groups in total. The van der Waals surface area contributed by atoms with Crippen LogP contribution in [0.5, 0.6) is 0 Å². The monoisotopic (exact) mass is 708 g/mol. The molecule has 0 aliphatic heterocycles. The topological polar surface area (TPSA) is 24.7 Å². The Labute approximate surface area is 324 Å². The van der Waals surface area contributed by atoms with Gasteiger partial charge in [-0.2, -0.15) is 0 Å². The van der Waals surface area contributed by atoms with Crippen LogP contribution < -0.4 is 0 Å². The van der Waals surface area contributed by atoms with Crippen LogP contribution in [0, 0.1) is 41.5 Å². The van der Waals surface area contributed by atoms with Crippen LogP contribution in [0.15, 0.2) is 131 Å². The van der Waals surface area contributed by atoms with Crippen LogP contribution in [0.3, 0.4) is 0 Å². The van der Waals surface area contributed by atoms with E-state index in [0.29, 0.717) is 0 Å². The van der Waals surface area contributed by atoms with E-state index in [1.54, 1.807) is 0 Å². The van der Waals surface area contributed by atoms with Gasteiger partial charge in [0.1, 0.15) is 0 Å². The van der Waals surface area contributed by atoms with Crippen molar-refractivity contribution in [3.8, 4) is 0 Å². The molecular weight excluding hydrogens is 653 g/mol. The number of rotatable bonds is 11. The molecule has 0 aliphatic carbocycles. The maximum atomic E-state index is 5.33. The highest BCUT2D eigenvalue weighted by Gasteiger charge is 2.23. The van der Waals surface area contributed by atoms with E-state index in [0.717, 1.165) is 11.4 Å². The molecule has 0 bridgehead atoms. The molecule has 2 heteroatoms. The zero-order valence-corrected chi connectivity index (χ0v) is 33.9. The number of hydrogen-bond donors (Lipinski definition) is 0. The third-order valence-electron chi connectivity index (χ3n) is 11.1. The maximum Gasteiger partial charge on any atom is 0.0706 e. The van der Waals surface area contributed by atoms with Gasteiger partial charge >= 0.3 is 0 Å². The zero-order valence-electron chi connectivity index (χ0n) is 33.9. The van der Waals surface area contributed by atoms with Crippen molar-refractivity contribution in [3.63, 3.8) is 0 Å². The summed E-state index contributed by atoms with van der Waals surface area (Å²) in [6, 6.07) is 44.8. The molecule has 4 atom stereocenters. The second-order valence-electron chi connectivity index (χ2n) is 15.7. The molecule has 0 fully saturated rings. The van der Waals surface area contributed by atoms with Crippen LogP contribution in [-0.2, 0) is 0 Å². The lowest BCUT2D eigenvalue weighted by Gasteiger charge is -2.23. The minimum atomic E-state index is 0.165. The number of nitrogens with zero attached hydrogens (tertiary/aromatic N) is 2. The lowest BCUT2D eigenvalue weighted by molar-refractivity contribution is 0.881. The predicted octanol–water partition coefficient (Wildman–Crippen LogP) is 14.2. The molecule has 0 radical (unpaired) electrons. The van der Waals surface area contributed by atoms with E-state index in [2.05, 4.69) is 191 Å². The molecule has 0 amide bonds. The first-order valence-corrected chi connectivity index (χ1v) is 19.5. The van der Waals surface area contributed by atoms with Crippen molar-refractivity contribution >= 4 is 23.8 Å². The van der Waals surface area contributed by atoms with Gasteiger partial charge in [0.2, 0.25) is 0 Å². The summed E-state index contributed by atoms with van der Waals surface area (Å²) in [4.78, 5) is 10.7. The lowest BCUT2D eigenvalue weighted by Crippen LogP contribution is -2.05. The Bertz CT molecular complexity index is 2010. The molecule has 2 nitrogen and oxygen atoms in total. The Balaban J connectivity index is 1.49. The molecule has 6 aromatic rings. The van der Waals surface area contributed by atoms with Gasteiger partial charge in [-0.25, -0.2) is 0 Å². The van der Waals surface area contributed by atoms with Crippen molar-refractivity contribution in [1.82, 2.24) is 0 Å². The maximum absolute atomic E-state index is 5.33. The summed E-state index contributed by atoms with van der Waals surface area (Å²) in [6.45, 7) is 22.3. The Morgan fingerprint density at radius 2 is 0.574 bits per heavy atom. The van der Waals surface area contributed by atoms with E-state index in [-0.39, 0.29) is 23.7 Å². The number of aryl methyl sites for hydroxylation is 6. The molecule has 274 valence electrons. The van der Waals surface area contributed by atoms with Crippen LogP contribution in [0.25, 0.3) is 0 Å². The molecule has 0 spiro atoms. The van der Waals surface area contributed by atoms with E-state index in [4.69, 9.17) is 9.98 Å². The minimum absolute atomic E-state index is 0.165. The SMILES string of the molecule is Cc1cccc([C@@H](C)c2cc(C)cc([C@H](C)c3cccc(C)c3)c2/N=C/C=N/c2c([C@H](C)c3cccc(C)c3)cc(C)cc2[C@H](C)c2cccc(C)c2)c1. The van der Waals surface area contributed by atoms with E-state index < -0.39 is 0 Å². The fourth-order valence-corrected chi connectivity index (χ4v) is 7.98. The molecule has 0 saturated carbocycles. The Morgan fingerprint density at radius 3 is 0.796 bits per heavy atom. The van der Waals surface area contributed by atoms with Gasteiger partial charge < -0.3 is 0 Å². The van der Waals surface area contributed by atoms with Crippen LogP contribution in [0.1, 0.15) is 129 Å². The lowest BCUT2D eigenvalue weighted by atomic mass is 9.83. The second-order valence-corrected chi connectivity index (χ2v) is 15.7. The summed E-state index contributed by atoms with van der Waals surface area (Å²) in [5, 5.41) is 0. The Kier molecular flexibility index (Phi) is 11.9. The first kappa shape index (κ1) is 38.4.